The summed E-state index contributed by atoms with van der Waals surface area (Å²) in [7, 11) is 1.57. The van der Waals surface area contributed by atoms with Gasteiger partial charge in [0, 0.05) is 5.56 Å². The van der Waals surface area contributed by atoms with Crippen LogP contribution < -0.4 is 21.1 Å². The van der Waals surface area contributed by atoms with Crippen molar-refractivity contribution in [1.82, 2.24) is 5.32 Å². The SMILES string of the molecule is COc1ccc(C)c(NC(=O)NC(=N)N)c1C. The molecule has 0 atom stereocenters. The van der Waals surface area contributed by atoms with E-state index in [0.29, 0.717) is 11.4 Å². The number of benzene rings is 1. The fourth-order valence-corrected chi connectivity index (χ4v) is 1.51. The van der Waals surface area contributed by atoms with Gasteiger partial charge < -0.3 is 15.8 Å². The van der Waals surface area contributed by atoms with Crippen LogP contribution in [0.15, 0.2) is 12.1 Å². The molecule has 0 unspecified atom stereocenters. The number of methoxy groups -OCH3 is 1. The number of amides is 2. The van der Waals surface area contributed by atoms with Crippen molar-refractivity contribution in [2.24, 2.45) is 5.73 Å². The zero-order chi connectivity index (χ0) is 13.0. The molecule has 1 aromatic carbocycles. The molecule has 0 spiro atoms. The normalized spacial score (nSPS) is 9.59. The van der Waals surface area contributed by atoms with Crippen molar-refractivity contribution in [1.29, 1.82) is 5.41 Å². The van der Waals surface area contributed by atoms with E-state index in [1.807, 2.05) is 26.0 Å². The minimum atomic E-state index is -0.544. The summed E-state index contributed by atoms with van der Waals surface area (Å²) in [5.41, 5.74) is 7.45. The van der Waals surface area contributed by atoms with E-state index < -0.39 is 12.0 Å². The predicted molar refractivity (Wildman–Crippen MR) is 66.5 cm³/mol. The number of nitrogens with one attached hydrogen (secondary N) is 3. The van der Waals surface area contributed by atoms with E-state index in [1.165, 1.54) is 0 Å². The number of urea groups is 1. The molecule has 0 fully saturated rings. The summed E-state index contributed by atoms with van der Waals surface area (Å²) in [6, 6.07) is 3.13. The second kappa shape index (κ2) is 5.20. The van der Waals surface area contributed by atoms with E-state index in [0.717, 1.165) is 11.1 Å². The number of carbonyl (C=O) groups is 1. The van der Waals surface area contributed by atoms with Crippen LogP contribution in [-0.4, -0.2) is 19.1 Å². The lowest BCUT2D eigenvalue weighted by Gasteiger charge is -2.14. The lowest BCUT2D eigenvalue weighted by atomic mass is 10.1. The molecule has 5 N–H and O–H groups in total. The zero-order valence-corrected chi connectivity index (χ0v) is 10.0. The number of hydrogen-bond acceptors (Lipinski definition) is 3. The Labute approximate surface area is 99.7 Å². The highest BCUT2D eigenvalue weighted by Gasteiger charge is 2.11. The fraction of sp³-hybridized carbons (Fsp3) is 0.273. The Bertz CT molecular complexity index is 457. The number of ether oxygens (including phenoxy) is 1. The molecule has 92 valence electrons. The largest absolute Gasteiger partial charge is 0.496 e. The van der Waals surface area contributed by atoms with E-state index >= 15 is 0 Å². The van der Waals surface area contributed by atoms with Gasteiger partial charge in [0.05, 0.1) is 12.8 Å². The van der Waals surface area contributed by atoms with Crippen LogP contribution in [0.5, 0.6) is 5.75 Å². The average molecular weight is 236 g/mol. The molecule has 17 heavy (non-hydrogen) atoms. The fourth-order valence-electron chi connectivity index (χ4n) is 1.51. The molecule has 0 heterocycles. The highest BCUT2D eigenvalue weighted by atomic mass is 16.5. The first-order chi connectivity index (χ1) is 7.95. The van der Waals surface area contributed by atoms with Crippen LogP contribution in [0, 0.1) is 19.3 Å². The molecule has 0 bridgehead atoms. The number of hydrogen-bond donors (Lipinski definition) is 4. The van der Waals surface area contributed by atoms with Crippen molar-refractivity contribution in [3.63, 3.8) is 0 Å². The summed E-state index contributed by atoms with van der Waals surface area (Å²) in [5.74, 6) is 0.287. The first-order valence-electron chi connectivity index (χ1n) is 5.02. The zero-order valence-electron chi connectivity index (χ0n) is 10.0. The second-order valence-electron chi connectivity index (χ2n) is 3.58. The van der Waals surface area contributed by atoms with Crippen LogP contribution >= 0.6 is 0 Å². The van der Waals surface area contributed by atoms with E-state index in [4.69, 9.17) is 15.9 Å². The standard InChI is InChI=1S/C11H16N4O2/c1-6-4-5-8(17-3)7(2)9(6)14-11(16)15-10(12)13/h4-5H,1-3H3,(H5,12,13,14,15,16). The molecule has 0 saturated heterocycles. The summed E-state index contributed by atoms with van der Waals surface area (Å²) in [6.07, 6.45) is 0. The Kier molecular flexibility index (Phi) is 3.92. The second-order valence-corrected chi connectivity index (χ2v) is 3.58. The molecule has 0 aliphatic rings. The summed E-state index contributed by atoms with van der Waals surface area (Å²) < 4.78 is 5.16. The maximum atomic E-state index is 11.4. The minimum Gasteiger partial charge on any atom is -0.496 e. The van der Waals surface area contributed by atoms with Crippen molar-refractivity contribution in [2.45, 2.75) is 13.8 Å². The van der Waals surface area contributed by atoms with Crippen LogP contribution in [-0.2, 0) is 0 Å². The Morgan fingerprint density at radius 3 is 2.59 bits per heavy atom. The van der Waals surface area contributed by atoms with Crippen LogP contribution in [0.3, 0.4) is 0 Å². The maximum absolute atomic E-state index is 11.4. The van der Waals surface area contributed by atoms with Gasteiger partial charge in [-0.1, -0.05) is 6.07 Å². The van der Waals surface area contributed by atoms with Gasteiger partial charge in [0.2, 0.25) is 0 Å². The van der Waals surface area contributed by atoms with Gasteiger partial charge in [-0.05, 0) is 25.5 Å². The van der Waals surface area contributed by atoms with Crippen molar-refractivity contribution in [2.75, 3.05) is 12.4 Å². The van der Waals surface area contributed by atoms with E-state index in [2.05, 4.69) is 10.6 Å². The highest BCUT2D eigenvalue weighted by molar-refractivity contribution is 6.01. The van der Waals surface area contributed by atoms with Crippen molar-refractivity contribution < 1.29 is 9.53 Å². The monoisotopic (exact) mass is 236 g/mol. The first kappa shape index (κ1) is 12.8. The summed E-state index contributed by atoms with van der Waals surface area (Å²) >= 11 is 0. The molecule has 1 rings (SSSR count). The molecule has 0 aliphatic heterocycles. The summed E-state index contributed by atoms with van der Waals surface area (Å²) in [4.78, 5) is 11.4. The lowest BCUT2D eigenvalue weighted by molar-refractivity contribution is 0.256. The molecular weight excluding hydrogens is 220 g/mol. The third kappa shape index (κ3) is 3.10. The molecule has 6 heteroatoms. The van der Waals surface area contributed by atoms with Gasteiger partial charge in [0.1, 0.15) is 5.75 Å². The van der Waals surface area contributed by atoms with Crippen LogP contribution in [0.25, 0.3) is 0 Å². The Balaban J connectivity index is 2.97. The number of anilines is 1. The maximum Gasteiger partial charge on any atom is 0.325 e. The third-order valence-electron chi connectivity index (χ3n) is 2.33. The van der Waals surface area contributed by atoms with Gasteiger partial charge in [-0.25, -0.2) is 4.79 Å². The summed E-state index contributed by atoms with van der Waals surface area (Å²) in [5, 5.41) is 11.7. The van der Waals surface area contributed by atoms with Gasteiger partial charge in [-0.15, -0.1) is 0 Å². The highest BCUT2D eigenvalue weighted by Crippen LogP contribution is 2.28. The van der Waals surface area contributed by atoms with E-state index in [-0.39, 0.29) is 0 Å². The molecular formula is C11H16N4O2. The Hall–Kier alpha value is -2.24. The van der Waals surface area contributed by atoms with Crippen molar-refractivity contribution >= 4 is 17.7 Å². The topological polar surface area (TPSA) is 100 Å². The first-order valence-corrected chi connectivity index (χ1v) is 5.02. The number of nitrogens with two attached hydrogens (primary N) is 1. The number of rotatable bonds is 2. The number of guanidine groups is 1. The summed E-state index contributed by atoms with van der Waals surface area (Å²) in [6.45, 7) is 3.71. The van der Waals surface area contributed by atoms with Crippen LogP contribution in [0.1, 0.15) is 11.1 Å². The molecule has 0 aliphatic carbocycles. The van der Waals surface area contributed by atoms with E-state index in [1.54, 1.807) is 7.11 Å². The van der Waals surface area contributed by atoms with Gasteiger partial charge in [-0.2, -0.15) is 0 Å². The number of aryl methyl sites for hydroxylation is 1. The molecule has 0 saturated carbocycles. The van der Waals surface area contributed by atoms with Crippen molar-refractivity contribution in [3.05, 3.63) is 23.3 Å². The smallest absolute Gasteiger partial charge is 0.325 e. The lowest BCUT2D eigenvalue weighted by Crippen LogP contribution is -2.38. The quantitative estimate of drug-likeness (QED) is 0.460. The minimum absolute atomic E-state index is 0.402. The molecule has 6 nitrogen and oxygen atoms in total. The molecule has 0 radical (unpaired) electrons. The van der Waals surface area contributed by atoms with Gasteiger partial charge >= 0.3 is 6.03 Å². The average Bonchev–Trinajstić information content (AvgIpc) is 2.23. The van der Waals surface area contributed by atoms with Crippen LogP contribution in [0.2, 0.25) is 0 Å². The number of carbonyl (C=O) groups excluding carboxylic acids is 1. The Morgan fingerprint density at radius 2 is 2.06 bits per heavy atom. The van der Waals surface area contributed by atoms with Crippen molar-refractivity contribution in [3.8, 4) is 5.75 Å². The van der Waals surface area contributed by atoms with E-state index in [9.17, 15) is 4.79 Å². The van der Waals surface area contributed by atoms with Crippen LogP contribution in [0.4, 0.5) is 10.5 Å². The Morgan fingerprint density at radius 1 is 1.41 bits per heavy atom. The molecule has 1 aromatic rings. The van der Waals surface area contributed by atoms with Gasteiger partial charge in [0.25, 0.3) is 0 Å². The molecule has 0 aromatic heterocycles. The third-order valence-corrected chi connectivity index (χ3v) is 2.33. The molecule has 2 amide bonds. The van der Waals surface area contributed by atoms with Gasteiger partial charge in [-0.3, -0.25) is 10.7 Å². The van der Waals surface area contributed by atoms with Gasteiger partial charge in [0.15, 0.2) is 5.96 Å². The predicted octanol–water partition coefficient (Wildman–Crippen LogP) is 1.33.